The highest BCUT2D eigenvalue weighted by atomic mass is 35.5. The monoisotopic (exact) mass is 279 g/mol. The Morgan fingerprint density at radius 3 is 2.56 bits per heavy atom. The topological polar surface area (TPSA) is 29.0 Å². The Morgan fingerprint density at radius 1 is 1.33 bits per heavy atom. The molecule has 0 aliphatic carbocycles. The zero-order valence-corrected chi connectivity index (χ0v) is 10.4. The SMILES string of the molecule is FC(F)(F)CC1CCN(c2cnnc(Cl)c2)CC1. The minimum absolute atomic E-state index is 0.272. The average Bonchev–Trinajstić information content (AvgIpc) is 2.28. The van der Waals surface area contributed by atoms with Crippen LogP contribution < -0.4 is 4.90 Å². The van der Waals surface area contributed by atoms with Gasteiger partial charge in [0.25, 0.3) is 0 Å². The van der Waals surface area contributed by atoms with Crippen molar-refractivity contribution in [3.05, 3.63) is 17.4 Å². The summed E-state index contributed by atoms with van der Waals surface area (Å²) in [6.07, 6.45) is -2.08. The molecule has 0 N–H and O–H groups in total. The average molecular weight is 280 g/mol. The maximum atomic E-state index is 12.3. The maximum absolute atomic E-state index is 12.3. The van der Waals surface area contributed by atoms with Crippen LogP contribution in [0.15, 0.2) is 12.3 Å². The lowest BCUT2D eigenvalue weighted by molar-refractivity contribution is -0.145. The second-order valence-corrected chi connectivity index (χ2v) is 4.87. The Balaban J connectivity index is 1.91. The van der Waals surface area contributed by atoms with Gasteiger partial charge in [0, 0.05) is 25.6 Å². The van der Waals surface area contributed by atoms with Gasteiger partial charge in [0.1, 0.15) is 0 Å². The normalized spacial score (nSPS) is 18.1. The molecule has 100 valence electrons. The number of halogens is 4. The van der Waals surface area contributed by atoms with Gasteiger partial charge in [-0.1, -0.05) is 11.6 Å². The van der Waals surface area contributed by atoms with E-state index in [4.69, 9.17) is 11.6 Å². The first-order valence-corrected chi connectivity index (χ1v) is 6.12. The highest BCUT2D eigenvalue weighted by molar-refractivity contribution is 6.29. The standard InChI is InChI=1S/C11H13ClF3N3/c12-10-5-9(7-16-17-10)18-3-1-8(2-4-18)6-11(13,14)15/h5,7-8H,1-4,6H2. The summed E-state index contributed by atoms with van der Waals surface area (Å²) >= 11 is 5.73. The van der Waals surface area contributed by atoms with Gasteiger partial charge in [-0.15, -0.1) is 5.10 Å². The summed E-state index contributed by atoms with van der Waals surface area (Å²) in [5.74, 6) is -0.272. The van der Waals surface area contributed by atoms with Gasteiger partial charge in [0.05, 0.1) is 11.9 Å². The lowest BCUT2D eigenvalue weighted by Gasteiger charge is -2.33. The molecule has 7 heteroatoms. The fourth-order valence-electron chi connectivity index (χ4n) is 2.23. The van der Waals surface area contributed by atoms with Gasteiger partial charge >= 0.3 is 6.18 Å². The molecule has 0 spiro atoms. The van der Waals surface area contributed by atoms with Crippen molar-refractivity contribution >= 4 is 17.3 Å². The number of anilines is 1. The molecule has 1 fully saturated rings. The molecule has 0 unspecified atom stereocenters. The van der Waals surface area contributed by atoms with Gasteiger partial charge < -0.3 is 4.90 Å². The summed E-state index contributed by atoms with van der Waals surface area (Å²) in [6, 6.07) is 1.68. The van der Waals surface area contributed by atoms with Crippen molar-refractivity contribution in [1.29, 1.82) is 0 Å². The van der Waals surface area contributed by atoms with Gasteiger partial charge in [0.2, 0.25) is 0 Å². The van der Waals surface area contributed by atoms with E-state index in [2.05, 4.69) is 10.2 Å². The van der Waals surface area contributed by atoms with Crippen LogP contribution in [0.25, 0.3) is 0 Å². The molecule has 2 heterocycles. The predicted octanol–water partition coefficient (Wildman–Crippen LogP) is 3.30. The Labute approximate surface area is 108 Å². The summed E-state index contributed by atoms with van der Waals surface area (Å²) in [5, 5.41) is 7.67. The van der Waals surface area contributed by atoms with Crippen LogP contribution in [0.2, 0.25) is 5.15 Å². The summed E-state index contributed by atoms with van der Waals surface area (Å²) in [4.78, 5) is 1.99. The second-order valence-electron chi connectivity index (χ2n) is 4.49. The first-order valence-electron chi connectivity index (χ1n) is 5.74. The minimum Gasteiger partial charge on any atom is -0.370 e. The lowest BCUT2D eigenvalue weighted by atomic mass is 9.93. The van der Waals surface area contributed by atoms with E-state index >= 15 is 0 Å². The van der Waals surface area contributed by atoms with E-state index < -0.39 is 12.6 Å². The quantitative estimate of drug-likeness (QED) is 0.832. The highest BCUT2D eigenvalue weighted by Gasteiger charge is 2.33. The van der Waals surface area contributed by atoms with Gasteiger partial charge in [0.15, 0.2) is 5.15 Å². The van der Waals surface area contributed by atoms with Crippen LogP contribution in [0.1, 0.15) is 19.3 Å². The fraction of sp³-hybridized carbons (Fsp3) is 0.636. The first-order chi connectivity index (χ1) is 8.44. The second kappa shape index (κ2) is 5.30. The van der Waals surface area contributed by atoms with Crippen molar-refractivity contribution in [2.24, 2.45) is 5.92 Å². The van der Waals surface area contributed by atoms with Gasteiger partial charge in [-0.05, 0) is 18.8 Å². The summed E-state index contributed by atoms with van der Waals surface area (Å²) in [5.41, 5.74) is 0.820. The van der Waals surface area contributed by atoms with E-state index in [9.17, 15) is 13.2 Å². The van der Waals surface area contributed by atoms with E-state index in [1.165, 1.54) is 0 Å². The smallest absolute Gasteiger partial charge is 0.370 e. The third-order valence-corrected chi connectivity index (χ3v) is 3.29. The Bertz CT molecular complexity index is 403. The Morgan fingerprint density at radius 2 is 2.00 bits per heavy atom. The zero-order chi connectivity index (χ0) is 13.2. The summed E-state index contributed by atoms with van der Waals surface area (Å²) in [6.45, 7) is 1.20. The predicted molar refractivity (Wildman–Crippen MR) is 62.7 cm³/mol. The number of piperidine rings is 1. The third-order valence-electron chi connectivity index (χ3n) is 3.11. The minimum atomic E-state index is -4.06. The number of hydrogen-bond donors (Lipinski definition) is 0. The van der Waals surface area contributed by atoms with Gasteiger partial charge in [-0.25, -0.2) is 0 Å². The van der Waals surface area contributed by atoms with Crippen LogP contribution in [-0.2, 0) is 0 Å². The molecule has 0 radical (unpaired) electrons. The number of nitrogens with zero attached hydrogens (tertiary/aromatic N) is 3. The molecule has 0 saturated carbocycles. The van der Waals surface area contributed by atoms with Crippen LogP contribution in [0.5, 0.6) is 0 Å². The molecule has 1 aromatic rings. The van der Waals surface area contributed by atoms with Crippen LogP contribution >= 0.6 is 11.6 Å². The van der Waals surface area contributed by atoms with E-state index in [0.29, 0.717) is 31.1 Å². The highest BCUT2D eigenvalue weighted by Crippen LogP contribution is 2.32. The molecule has 1 saturated heterocycles. The maximum Gasteiger partial charge on any atom is 0.389 e. The molecule has 1 aliphatic rings. The van der Waals surface area contributed by atoms with E-state index in [-0.39, 0.29) is 5.92 Å². The van der Waals surface area contributed by atoms with E-state index in [1.807, 2.05) is 4.90 Å². The van der Waals surface area contributed by atoms with Crippen molar-refractivity contribution < 1.29 is 13.2 Å². The molecule has 0 atom stereocenters. The van der Waals surface area contributed by atoms with Crippen LogP contribution in [0, 0.1) is 5.92 Å². The molecule has 1 aromatic heterocycles. The molecule has 0 bridgehead atoms. The lowest BCUT2D eigenvalue weighted by Crippen LogP contribution is -2.35. The van der Waals surface area contributed by atoms with Crippen LogP contribution in [0.3, 0.4) is 0 Å². The molecular weight excluding hydrogens is 267 g/mol. The number of alkyl halides is 3. The fourth-order valence-corrected chi connectivity index (χ4v) is 2.38. The number of aromatic nitrogens is 2. The van der Waals surface area contributed by atoms with Crippen LogP contribution in [0.4, 0.5) is 18.9 Å². The Hall–Kier alpha value is -1.04. The molecule has 3 nitrogen and oxygen atoms in total. The third kappa shape index (κ3) is 3.73. The van der Waals surface area contributed by atoms with Gasteiger partial charge in [-0.3, -0.25) is 0 Å². The van der Waals surface area contributed by atoms with Crippen LogP contribution in [-0.4, -0.2) is 29.5 Å². The molecule has 1 aliphatic heterocycles. The molecule has 2 rings (SSSR count). The Kier molecular flexibility index (Phi) is 3.94. The van der Waals surface area contributed by atoms with Crippen molar-refractivity contribution in [2.45, 2.75) is 25.4 Å². The number of rotatable bonds is 2. The van der Waals surface area contributed by atoms with Crippen molar-refractivity contribution in [2.75, 3.05) is 18.0 Å². The van der Waals surface area contributed by atoms with E-state index in [0.717, 1.165) is 5.69 Å². The van der Waals surface area contributed by atoms with E-state index in [1.54, 1.807) is 12.3 Å². The van der Waals surface area contributed by atoms with Crippen molar-refractivity contribution in [3.63, 3.8) is 0 Å². The molecule has 0 aromatic carbocycles. The summed E-state index contributed by atoms with van der Waals surface area (Å²) < 4.78 is 36.8. The first kappa shape index (κ1) is 13.4. The largest absolute Gasteiger partial charge is 0.389 e. The molecule has 0 amide bonds. The zero-order valence-electron chi connectivity index (χ0n) is 9.62. The van der Waals surface area contributed by atoms with Crippen molar-refractivity contribution in [3.8, 4) is 0 Å². The van der Waals surface area contributed by atoms with Gasteiger partial charge in [-0.2, -0.15) is 18.3 Å². The molecular formula is C11H13ClF3N3. The van der Waals surface area contributed by atoms with Crippen molar-refractivity contribution in [1.82, 2.24) is 10.2 Å². The number of hydrogen-bond acceptors (Lipinski definition) is 3. The molecule has 18 heavy (non-hydrogen) atoms. The summed E-state index contributed by atoms with van der Waals surface area (Å²) in [7, 11) is 0.